The number of methoxy groups -OCH3 is 1. The maximum absolute atomic E-state index is 13.6. The van der Waals surface area contributed by atoms with Gasteiger partial charge in [-0.1, -0.05) is 23.7 Å². The first kappa shape index (κ1) is 14.5. The van der Waals surface area contributed by atoms with Crippen LogP contribution in [0.15, 0.2) is 18.3 Å². The van der Waals surface area contributed by atoms with Crippen molar-refractivity contribution in [2.24, 2.45) is 0 Å². The van der Waals surface area contributed by atoms with E-state index in [9.17, 15) is 4.39 Å². The number of hydrogen-bond acceptors (Lipinski definition) is 4. The van der Waals surface area contributed by atoms with Crippen LogP contribution in [-0.2, 0) is 6.54 Å². The van der Waals surface area contributed by atoms with Gasteiger partial charge >= 0.3 is 6.01 Å². The fourth-order valence-electron chi connectivity index (χ4n) is 1.90. The molecular formula is C14H15ClFN3O. The minimum absolute atomic E-state index is 0.171. The number of rotatable bonds is 4. The number of halogens is 2. The maximum atomic E-state index is 13.6. The predicted octanol–water partition coefficient (Wildman–Crippen LogP) is 3.51. The summed E-state index contributed by atoms with van der Waals surface area (Å²) < 4.78 is 18.5. The summed E-state index contributed by atoms with van der Waals surface area (Å²) in [5.41, 5.74) is 2.19. The van der Waals surface area contributed by atoms with E-state index < -0.39 is 0 Å². The van der Waals surface area contributed by atoms with Gasteiger partial charge in [-0.05, 0) is 30.5 Å². The first-order chi connectivity index (χ1) is 9.51. The molecular weight excluding hydrogens is 281 g/mol. The van der Waals surface area contributed by atoms with Crippen LogP contribution in [0.25, 0.3) is 0 Å². The molecule has 1 aromatic heterocycles. The van der Waals surface area contributed by atoms with Crippen molar-refractivity contribution in [3.8, 4) is 6.01 Å². The quantitative estimate of drug-likeness (QED) is 0.938. The van der Waals surface area contributed by atoms with Crippen LogP contribution in [0.2, 0.25) is 5.02 Å². The molecule has 1 heterocycles. The van der Waals surface area contributed by atoms with Crippen molar-refractivity contribution in [3.05, 3.63) is 45.9 Å². The molecule has 4 nitrogen and oxygen atoms in total. The van der Waals surface area contributed by atoms with Crippen LogP contribution in [0.3, 0.4) is 0 Å². The van der Waals surface area contributed by atoms with Crippen LogP contribution in [0, 0.1) is 19.7 Å². The molecule has 0 aliphatic carbocycles. The molecule has 6 heteroatoms. The minimum atomic E-state index is -0.171. The van der Waals surface area contributed by atoms with Crippen molar-refractivity contribution in [1.82, 2.24) is 9.97 Å². The molecule has 0 aliphatic rings. The zero-order valence-corrected chi connectivity index (χ0v) is 12.3. The summed E-state index contributed by atoms with van der Waals surface area (Å²) in [6, 6.07) is 3.83. The third-order valence-electron chi connectivity index (χ3n) is 2.86. The average molecular weight is 296 g/mol. The van der Waals surface area contributed by atoms with E-state index >= 15 is 0 Å². The number of aryl methyl sites for hydroxylation is 2. The van der Waals surface area contributed by atoms with E-state index in [1.54, 1.807) is 26.0 Å². The number of ether oxygens (including phenoxy) is 1. The Kier molecular flexibility index (Phi) is 4.39. The number of hydrogen-bond donors (Lipinski definition) is 1. The molecule has 1 aromatic carbocycles. The monoisotopic (exact) mass is 295 g/mol. The van der Waals surface area contributed by atoms with Gasteiger partial charge in [-0.15, -0.1) is 0 Å². The Morgan fingerprint density at radius 1 is 1.30 bits per heavy atom. The normalized spacial score (nSPS) is 10.4. The van der Waals surface area contributed by atoms with Gasteiger partial charge in [-0.3, -0.25) is 0 Å². The van der Waals surface area contributed by atoms with Crippen molar-refractivity contribution < 1.29 is 9.13 Å². The molecule has 0 unspecified atom stereocenters. The average Bonchev–Trinajstić information content (AvgIpc) is 2.43. The second kappa shape index (κ2) is 6.05. The SMILES string of the molecule is COc1ncc(Cl)c(NCc2cc(C)c(F)c(C)c2)n1. The molecule has 0 amide bonds. The summed E-state index contributed by atoms with van der Waals surface area (Å²) in [5.74, 6) is 0.314. The highest BCUT2D eigenvalue weighted by molar-refractivity contribution is 6.32. The van der Waals surface area contributed by atoms with Gasteiger partial charge in [0.25, 0.3) is 0 Å². The highest BCUT2D eigenvalue weighted by Crippen LogP contribution is 2.21. The molecule has 0 spiro atoms. The molecule has 0 radical (unpaired) electrons. The fourth-order valence-corrected chi connectivity index (χ4v) is 2.05. The van der Waals surface area contributed by atoms with E-state index in [0.717, 1.165) is 5.56 Å². The molecule has 0 fully saturated rings. The van der Waals surface area contributed by atoms with Gasteiger partial charge in [0.2, 0.25) is 0 Å². The van der Waals surface area contributed by atoms with Crippen molar-refractivity contribution >= 4 is 17.4 Å². The smallest absolute Gasteiger partial charge is 0.318 e. The van der Waals surface area contributed by atoms with Crippen molar-refractivity contribution in [1.29, 1.82) is 0 Å². The number of nitrogens with one attached hydrogen (secondary N) is 1. The molecule has 0 atom stereocenters. The van der Waals surface area contributed by atoms with Gasteiger partial charge in [-0.2, -0.15) is 4.98 Å². The van der Waals surface area contributed by atoms with Crippen molar-refractivity contribution in [2.45, 2.75) is 20.4 Å². The van der Waals surface area contributed by atoms with E-state index in [2.05, 4.69) is 15.3 Å². The lowest BCUT2D eigenvalue weighted by Crippen LogP contribution is -2.05. The third kappa shape index (κ3) is 3.17. The molecule has 1 N–H and O–H groups in total. The highest BCUT2D eigenvalue weighted by Gasteiger charge is 2.07. The first-order valence-electron chi connectivity index (χ1n) is 6.07. The maximum Gasteiger partial charge on any atom is 0.318 e. The second-order valence-electron chi connectivity index (χ2n) is 4.45. The third-order valence-corrected chi connectivity index (χ3v) is 3.14. The molecule has 0 aliphatic heterocycles. The van der Waals surface area contributed by atoms with Gasteiger partial charge < -0.3 is 10.1 Å². The van der Waals surface area contributed by atoms with Crippen LogP contribution in [0.4, 0.5) is 10.2 Å². The highest BCUT2D eigenvalue weighted by atomic mass is 35.5. The molecule has 20 heavy (non-hydrogen) atoms. The summed E-state index contributed by atoms with van der Waals surface area (Å²) in [5, 5.41) is 3.50. The molecule has 0 bridgehead atoms. The van der Waals surface area contributed by atoms with E-state index in [1.165, 1.54) is 13.3 Å². The van der Waals surface area contributed by atoms with Gasteiger partial charge in [0.1, 0.15) is 10.8 Å². The van der Waals surface area contributed by atoms with E-state index in [0.29, 0.717) is 28.5 Å². The Labute approximate surface area is 122 Å². The van der Waals surface area contributed by atoms with Crippen LogP contribution in [0.5, 0.6) is 6.01 Å². The van der Waals surface area contributed by atoms with Crippen LogP contribution < -0.4 is 10.1 Å². The Hall–Kier alpha value is -1.88. The first-order valence-corrected chi connectivity index (χ1v) is 6.45. The Bertz CT molecular complexity index is 611. The van der Waals surface area contributed by atoms with Crippen molar-refractivity contribution in [2.75, 3.05) is 12.4 Å². The van der Waals surface area contributed by atoms with Crippen LogP contribution in [-0.4, -0.2) is 17.1 Å². The number of anilines is 1. The zero-order valence-electron chi connectivity index (χ0n) is 11.5. The number of benzene rings is 1. The minimum Gasteiger partial charge on any atom is -0.467 e. The standard InChI is InChI=1S/C14H15ClFN3O/c1-8-4-10(5-9(2)12(8)16)6-17-13-11(15)7-18-14(19-13)20-3/h4-5,7H,6H2,1-3H3,(H,17,18,19). The second-order valence-corrected chi connectivity index (χ2v) is 4.86. The lowest BCUT2D eigenvalue weighted by atomic mass is 10.1. The van der Waals surface area contributed by atoms with E-state index in [1.807, 2.05) is 0 Å². The summed E-state index contributed by atoms with van der Waals surface area (Å²) in [4.78, 5) is 8.02. The summed E-state index contributed by atoms with van der Waals surface area (Å²) in [7, 11) is 1.49. The molecule has 2 rings (SSSR count). The molecule has 0 saturated carbocycles. The van der Waals surface area contributed by atoms with Gasteiger partial charge in [-0.25, -0.2) is 9.37 Å². The lowest BCUT2D eigenvalue weighted by Gasteiger charge is -2.10. The number of aromatic nitrogens is 2. The predicted molar refractivity (Wildman–Crippen MR) is 76.8 cm³/mol. The lowest BCUT2D eigenvalue weighted by molar-refractivity contribution is 0.380. The zero-order chi connectivity index (χ0) is 14.7. The van der Waals surface area contributed by atoms with Gasteiger partial charge in [0.05, 0.1) is 13.3 Å². The Balaban J connectivity index is 2.16. The Morgan fingerprint density at radius 2 is 1.95 bits per heavy atom. The number of nitrogens with zero attached hydrogens (tertiary/aromatic N) is 2. The summed E-state index contributed by atoms with van der Waals surface area (Å²) in [6.45, 7) is 3.97. The van der Waals surface area contributed by atoms with Gasteiger partial charge in [0.15, 0.2) is 5.82 Å². The fraction of sp³-hybridized carbons (Fsp3) is 0.286. The topological polar surface area (TPSA) is 47.0 Å². The van der Waals surface area contributed by atoms with E-state index in [-0.39, 0.29) is 11.8 Å². The summed E-state index contributed by atoms with van der Waals surface area (Å²) >= 11 is 6.00. The summed E-state index contributed by atoms with van der Waals surface area (Å²) in [6.07, 6.45) is 1.47. The van der Waals surface area contributed by atoms with E-state index in [4.69, 9.17) is 16.3 Å². The molecule has 106 valence electrons. The largest absolute Gasteiger partial charge is 0.467 e. The van der Waals surface area contributed by atoms with Crippen LogP contribution >= 0.6 is 11.6 Å². The van der Waals surface area contributed by atoms with Crippen LogP contribution in [0.1, 0.15) is 16.7 Å². The Morgan fingerprint density at radius 3 is 2.55 bits per heavy atom. The van der Waals surface area contributed by atoms with Gasteiger partial charge in [0, 0.05) is 6.54 Å². The van der Waals surface area contributed by atoms with Crippen molar-refractivity contribution in [3.63, 3.8) is 0 Å². The molecule has 0 saturated heterocycles. The molecule has 2 aromatic rings.